The molecule has 0 radical (unpaired) electrons. The molecule has 0 saturated heterocycles. The highest BCUT2D eigenvalue weighted by Crippen LogP contribution is 2.44. The number of nitrogens with zero attached hydrogens (tertiary/aromatic N) is 4. The van der Waals surface area contributed by atoms with Crippen LogP contribution in [0.15, 0.2) is 227 Å². The molecule has 0 unspecified atom stereocenters. The molecule has 4 aromatic heterocycles. The lowest BCUT2D eigenvalue weighted by atomic mass is 9.91. The SMILES string of the molecule is c1ccc(-c2nc(-c3cccc4oc5ccc(-c6cccc7oc8ccc(-c9ccc%10c%11ccccc%11c%11ccccc%11c%10c9)cc8c67)cc5c34)nc(-n3c4ccccc4c4ccccc43)n2)cc1. The van der Waals surface area contributed by atoms with Crippen LogP contribution in [0.1, 0.15) is 0 Å². The Morgan fingerprint density at radius 3 is 1.38 bits per heavy atom. The Labute approximate surface area is 394 Å². The van der Waals surface area contributed by atoms with Crippen molar-refractivity contribution >= 4 is 98.0 Å². The van der Waals surface area contributed by atoms with E-state index in [1.54, 1.807) is 0 Å². The summed E-state index contributed by atoms with van der Waals surface area (Å²) >= 11 is 0. The highest BCUT2D eigenvalue weighted by Gasteiger charge is 2.22. The van der Waals surface area contributed by atoms with Crippen LogP contribution in [-0.2, 0) is 0 Å². The largest absolute Gasteiger partial charge is 0.456 e. The van der Waals surface area contributed by atoms with Gasteiger partial charge in [-0.15, -0.1) is 0 Å². The molecule has 0 spiro atoms. The lowest BCUT2D eigenvalue weighted by Gasteiger charge is -2.12. The number of aromatic nitrogens is 4. The summed E-state index contributed by atoms with van der Waals surface area (Å²) in [5.41, 5.74) is 11.5. The van der Waals surface area contributed by atoms with E-state index in [0.717, 1.165) is 99.1 Å². The highest BCUT2D eigenvalue weighted by atomic mass is 16.3. The minimum Gasteiger partial charge on any atom is -0.456 e. The number of furan rings is 2. The molecule has 0 aliphatic rings. The van der Waals surface area contributed by atoms with E-state index in [-0.39, 0.29) is 0 Å². The molecular formula is C63H36N4O2. The van der Waals surface area contributed by atoms with Crippen LogP contribution < -0.4 is 0 Å². The number of hydrogen-bond acceptors (Lipinski definition) is 5. The van der Waals surface area contributed by atoms with E-state index >= 15 is 0 Å². The number of benzene rings is 11. The lowest BCUT2D eigenvalue weighted by Crippen LogP contribution is -2.06. The van der Waals surface area contributed by atoms with Gasteiger partial charge in [0.2, 0.25) is 5.95 Å². The molecule has 69 heavy (non-hydrogen) atoms. The summed E-state index contributed by atoms with van der Waals surface area (Å²) in [6, 6.07) is 76.9. The molecule has 0 atom stereocenters. The molecule has 0 bridgehead atoms. The second kappa shape index (κ2) is 14.6. The van der Waals surface area contributed by atoms with Gasteiger partial charge in [-0.3, -0.25) is 4.57 Å². The first-order valence-electron chi connectivity index (χ1n) is 23.3. The fourth-order valence-corrected chi connectivity index (χ4v) is 11.0. The van der Waals surface area contributed by atoms with Crippen molar-refractivity contribution in [1.82, 2.24) is 19.5 Å². The second-order valence-corrected chi connectivity index (χ2v) is 17.9. The Morgan fingerprint density at radius 1 is 0.275 bits per heavy atom. The fourth-order valence-electron chi connectivity index (χ4n) is 11.0. The summed E-state index contributed by atoms with van der Waals surface area (Å²) in [4.78, 5) is 15.7. The smallest absolute Gasteiger partial charge is 0.238 e. The van der Waals surface area contributed by atoms with Crippen molar-refractivity contribution in [2.75, 3.05) is 0 Å². The predicted octanol–water partition coefficient (Wildman–Crippen LogP) is 16.9. The maximum Gasteiger partial charge on any atom is 0.238 e. The van der Waals surface area contributed by atoms with Gasteiger partial charge in [-0.2, -0.15) is 9.97 Å². The summed E-state index contributed by atoms with van der Waals surface area (Å²) < 4.78 is 15.4. The van der Waals surface area contributed by atoms with E-state index in [4.69, 9.17) is 23.8 Å². The lowest BCUT2D eigenvalue weighted by molar-refractivity contribution is 0.669. The molecule has 0 saturated carbocycles. The number of para-hydroxylation sites is 2. The van der Waals surface area contributed by atoms with Crippen molar-refractivity contribution in [2.45, 2.75) is 0 Å². The van der Waals surface area contributed by atoms with Gasteiger partial charge in [0.15, 0.2) is 11.6 Å². The van der Waals surface area contributed by atoms with E-state index < -0.39 is 0 Å². The standard InChI is InChI=1S/C63H36N4O2/c1-2-14-37(15-3-1)61-64-62(66-63(65-61)67-53-24-10-8-20-47(53)48-21-9-11-25-54(48)67)49-23-13-27-58-60(49)52-36-40(30-33-56(52)69-58)41-22-12-26-57-59(41)51-35-39(29-32-55(51)68-57)38-28-31-46-44-18-5-4-16-42(44)43-17-6-7-19-45(43)50(46)34-38/h1-36H. The van der Waals surface area contributed by atoms with Crippen molar-refractivity contribution in [1.29, 1.82) is 0 Å². The zero-order valence-corrected chi connectivity index (χ0v) is 36.9. The first kappa shape index (κ1) is 37.8. The van der Waals surface area contributed by atoms with Crippen molar-refractivity contribution in [3.05, 3.63) is 218 Å². The maximum atomic E-state index is 6.63. The monoisotopic (exact) mass is 880 g/mol. The molecule has 0 fully saturated rings. The Kier molecular flexibility index (Phi) is 7.97. The molecule has 0 N–H and O–H groups in total. The van der Waals surface area contributed by atoms with E-state index in [0.29, 0.717) is 17.6 Å². The van der Waals surface area contributed by atoms with Crippen molar-refractivity contribution in [3.63, 3.8) is 0 Å². The number of fused-ring (bicyclic) bond motifs is 15. The Hall–Kier alpha value is -9.39. The first-order chi connectivity index (χ1) is 34.2. The maximum absolute atomic E-state index is 6.63. The zero-order valence-electron chi connectivity index (χ0n) is 36.9. The van der Waals surface area contributed by atoms with Gasteiger partial charge in [0.25, 0.3) is 0 Å². The average molecular weight is 881 g/mol. The summed E-state index contributed by atoms with van der Waals surface area (Å²) in [5, 5.41) is 13.9. The van der Waals surface area contributed by atoms with Gasteiger partial charge >= 0.3 is 0 Å². The molecular weight excluding hydrogens is 845 g/mol. The third-order valence-corrected chi connectivity index (χ3v) is 14.1. The summed E-state index contributed by atoms with van der Waals surface area (Å²) in [6.07, 6.45) is 0. The van der Waals surface area contributed by atoms with Gasteiger partial charge < -0.3 is 8.83 Å². The van der Waals surface area contributed by atoms with Crippen LogP contribution in [0.2, 0.25) is 0 Å². The molecule has 0 aliphatic heterocycles. The fraction of sp³-hybridized carbons (Fsp3) is 0. The van der Waals surface area contributed by atoms with Crippen LogP contribution in [0.4, 0.5) is 0 Å². The van der Waals surface area contributed by atoms with Gasteiger partial charge in [0.05, 0.1) is 11.0 Å². The molecule has 11 aromatic carbocycles. The van der Waals surface area contributed by atoms with Crippen LogP contribution in [-0.4, -0.2) is 19.5 Å². The third kappa shape index (κ3) is 5.69. The van der Waals surface area contributed by atoms with Gasteiger partial charge in [-0.25, -0.2) is 4.98 Å². The summed E-state index contributed by atoms with van der Waals surface area (Å²) in [5.74, 6) is 1.70. The van der Waals surface area contributed by atoms with E-state index in [1.807, 2.05) is 42.5 Å². The van der Waals surface area contributed by atoms with Crippen LogP contribution in [0, 0.1) is 0 Å². The zero-order chi connectivity index (χ0) is 45.2. The van der Waals surface area contributed by atoms with Gasteiger partial charge in [0.1, 0.15) is 22.3 Å². The van der Waals surface area contributed by atoms with E-state index in [2.05, 4.69) is 180 Å². The minimum atomic E-state index is 0.546. The van der Waals surface area contributed by atoms with E-state index in [9.17, 15) is 0 Å². The molecule has 4 heterocycles. The summed E-state index contributed by atoms with van der Waals surface area (Å²) in [7, 11) is 0. The Balaban J connectivity index is 0.908. The minimum absolute atomic E-state index is 0.546. The van der Waals surface area contributed by atoms with Crippen LogP contribution in [0.5, 0.6) is 0 Å². The molecule has 320 valence electrons. The molecule has 6 nitrogen and oxygen atoms in total. The van der Waals surface area contributed by atoms with Gasteiger partial charge in [-0.1, -0.05) is 164 Å². The summed E-state index contributed by atoms with van der Waals surface area (Å²) in [6.45, 7) is 0. The van der Waals surface area contributed by atoms with Gasteiger partial charge in [-0.05, 0) is 109 Å². The number of rotatable bonds is 5. The average Bonchev–Trinajstić information content (AvgIpc) is 4.10. The van der Waals surface area contributed by atoms with Crippen molar-refractivity contribution in [3.8, 4) is 51.0 Å². The van der Waals surface area contributed by atoms with Crippen LogP contribution >= 0.6 is 0 Å². The van der Waals surface area contributed by atoms with Crippen LogP contribution in [0.25, 0.3) is 149 Å². The van der Waals surface area contributed by atoms with Crippen molar-refractivity contribution in [2.24, 2.45) is 0 Å². The molecule has 0 aliphatic carbocycles. The first-order valence-corrected chi connectivity index (χ1v) is 23.3. The topological polar surface area (TPSA) is 69.9 Å². The quantitative estimate of drug-likeness (QED) is 0.161. The van der Waals surface area contributed by atoms with Crippen molar-refractivity contribution < 1.29 is 8.83 Å². The molecule has 6 heteroatoms. The molecule has 0 amide bonds. The van der Waals surface area contributed by atoms with Gasteiger partial charge in [0, 0.05) is 43.4 Å². The molecule has 15 rings (SSSR count). The third-order valence-electron chi connectivity index (χ3n) is 14.1. The normalized spacial score (nSPS) is 12.1. The second-order valence-electron chi connectivity index (χ2n) is 17.9. The number of hydrogen-bond donors (Lipinski definition) is 0. The van der Waals surface area contributed by atoms with Crippen LogP contribution in [0.3, 0.4) is 0 Å². The predicted molar refractivity (Wildman–Crippen MR) is 283 cm³/mol. The Bertz CT molecular complexity index is 4530. The molecule has 15 aromatic rings. The van der Waals surface area contributed by atoms with E-state index in [1.165, 1.54) is 32.3 Å². The highest BCUT2D eigenvalue weighted by molar-refractivity contribution is 6.26. The Morgan fingerprint density at radius 2 is 0.739 bits per heavy atom.